The van der Waals surface area contributed by atoms with Gasteiger partial charge < -0.3 is 9.88 Å². The van der Waals surface area contributed by atoms with E-state index in [1.807, 2.05) is 30.3 Å². The summed E-state index contributed by atoms with van der Waals surface area (Å²) in [4.78, 5) is 16.9. The fraction of sp³-hybridized carbons (Fsp3) is 0.417. The largest absolute Gasteiger partial charge is 0.356 e. The third kappa shape index (κ3) is 6.33. The van der Waals surface area contributed by atoms with E-state index in [0.717, 1.165) is 49.9 Å². The van der Waals surface area contributed by atoms with Crippen molar-refractivity contribution in [1.82, 2.24) is 14.9 Å². The van der Waals surface area contributed by atoms with Crippen LogP contribution in [0.4, 0.5) is 0 Å². The van der Waals surface area contributed by atoms with Crippen molar-refractivity contribution in [2.45, 2.75) is 52.5 Å². The Hall–Kier alpha value is -2.33. The summed E-state index contributed by atoms with van der Waals surface area (Å²) >= 11 is 5.88. The second-order valence-corrected chi connectivity index (χ2v) is 8.42. The molecule has 1 aromatic heterocycles. The minimum atomic E-state index is 0.0612. The fourth-order valence-electron chi connectivity index (χ4n) is 3.55. The number of nitrogens with one attached hydrogen (secondary N) is 1. The lowest BCUT2D eigenvalue weighted by molar-refractivity contribution is -0.120. The summed E-state index contributed by atoms with van der Waals surface area (Å²) in [6.07, 6.45) is 4.51. The molecule has 0 aliphatic heterocycles. The van der Waals surface area contributed by atoms with Gasteiger partial charge in [0, 0.05) is 24.5 Å². The highest BCUT2D eigenvalue weighted by Crippen LogP contribution is 2.19. The van der Waals surface area contributed by atoms with Crippen LogP contribution >= 0.6 is 11.6 Å². The number of nitrogens with zero attached hydrogens (tertiary/aromatic N) is 2. The van der Waals surface area contributed by atoms with Crippen molar-refractivity contribution in [1.29, 1.82) is 0 Å². The Morgan fingerprint density at radius 3 is 2.59 bits per heavy atom. The zero-order valence-electron chi connectivity index (χ0n) is 17.3. The Morgan fingerprint density at radius 1 is 1.07 bits per heavy atom. The molecule has 0 fully saturated rings. The third-order valence-electron chi connectivity index (χ3n) is 4.96. The molecule has 0 saturated heterocycles. The van der Waals surface area contributed by atoms with E-state index in [4.69, 9.17) is 16.6 Å². The summed E-state index contributed by atoms with van der Waals surface area (Å²) in [6.45, 7) is 6.20. The van der Waals surface area contributed by atoms with Crippen molar-refractivity contribution in [2.75, 3.05) is 6.54 Å². The van der Waals surface area contributed by atoms with Crippen molar-refractivity contribution >= 4 is 28.5 Å². The van der Waals surface area contributed by atoms with Crippen LogP contribution in [0.15, 0.2) is 48.5 Å². The smallest absolute Gasteiger partial charge is 0.224 e. The van der Waals surface area contributed by atoms with Crippen LogP contribution in [0, 0.1) is 5.92 Å². The number of aryl methyl sites for hydroxylation is 1. The van der Waals surface area contributed by atoms with Gasteiger partial charge in [0.25, 0.3) is 0 Å². The molecule has 0 aliphatic carbocycles. The number of carbonyl (C=O) groups is 1. The lowest BCUT2D eigenvalue weighted by Gasteiger charge is -2.12. The number of imidazole rings is 1. The molecular weight excluding hydrogens is 382 g/mol. The molecule has 0 saturated carbocycles. The molecule has 0 bridgehead atoms. The van der Waals surface area contributed by atoms with Crippen molar-refractivity contribution in [3.8, 4) is 0 Å². The first-order chi connectivity index (χ1) is 14.0. The molecule has 3 rings (SSSR count). The van der Waals surface area contributed by atoms with Gasteiger partial charge in [-0.05, 0) is 48.6 Å². The van der Waals surface area contributed by atoms with E-state index in [-0.39, 0.29) is 5.91 Å². The Bertz CT molecular complexity index is 931. The van der Waals surface area contributed by atoms with E-state index in [1.54, 1.807) is 0 Å². The summed E-state index contributed by atoms with van der Waals surface area (Å²) < 4.78 is 2.37. The highest BCUT2D eigenvalue weighted by Gasteiger charge is 2.11. The first-order valence-electron chi connectivity index (χ1n) is 10.5. The Kier molecular flexibility index (Phi) is 7.70. The molecule has 1 amide bonds. The van der Waals surface area contributed by atoms with E-state index in [0.29, 0.717) is 17.4 Å². The monoisotopic (exact) mass is 411 g/mol. The molecule has 1 N–H and O–H groups in total. The fourth-order valence-corrected chi connectivity index (χ4v) is 3.67. The van der Waals surface area contributed by atoms with Crippen LogP contribution in [0.25, 0.3) is 11.0 Å². The normalized spacial score (nSPS) is 11.3. The number of unbranched alkanes of at least 4 members (excludes halogenated alkanes) is 2. The van der Waals surface area contributed by atoms with Gasteiger partial charge in [0.15, 0.2) is 0 Å². The average molecular weight is 412 g/mol. The van der Waals surface area contributed by atoms with Crippen LogP contribution in [0.5, 0.6) is 0 Å². The minimum Gasteiger partial charge on any atom is -0.356 e. The van der Waals surface area contributed by atoms with Gasteiger partial charge in [-0.15, -0.1) is 0 Å². The lowest BCUT2D eigenvalue weighted by atomic mass is 10.1. The molecule has 5 heteroatoms. The van der Waals surface area contributed by atoms with Gasteiger partial charge in [-0.3, -0.25) is 4.79 Å². The van der Waals surface area contributed by atoms with Crippen LogP contribution in [-0.2, 0) is 24.2 Å². The van der Waals surface area contributed by atoms with Gasteiger partial charge >= 0.3 is 0 Å². The number of para-hydroxylation sites is 2. The van der Waals surface area contributed by atoms with Crippen LogP contribution in [0.3, 0.4) is 0 Å². The van der Waals surface area contributed by atoms with Crippen LogP contribution in [-0.4, -0.2) is 22.0 Å². The number of aromatic nitrogens is 2. The maximum atomic E-state index is 12.0. The summed E-state index contributed by atoms with van der Waals surface area (Å²) in [5.74, 6) is 1.82. The molecule has 2 aromatic carbocycles. The van der Waals surface area contributed by atoms with Crippen LogP contribution in [0.2, 0.25) is 5.02 Å². The summed E-state index contributed by atoms with van der Waals surface area (Å²) in [7, 11) is 0. The number of rotatable bonds is 10. The first-order valence-corrected chi connectivity index (χ1v) is 10.9. The van der Waals surface area contributed by atoms with E-state index >= 15 is 0 Å². The van der Waals surface area contributed by atoms with Gasteiger partial charge in [0.05, 0.1) is 17.5 Å². The van der Waals surface area contributed by atoms with E-state index < -0.39 is 0 Å². The molecule has 4 nitrogen and oxygen atoms in total. The maximum Gasteiger partial charge on any atom is 0.224 e. The zero-order valence-corrected chi connectivity index (χ0v) is 18.1. The summed E-state index contributed by atoms with van der Waals surface area (Å²) in [5.41, 5.74) is 3.29. The second kappa shape index (κ2) is 10.4. The number of carbonyl (C=O) groups excluding carboxylic acids is 1. The SMILES string of the molecule is CC(C)Cn1c(CCCCCNC(=O)Cc2ccc(Cl)cc2)nc2ccccc21. The molecule has 29 heavy (non-hydrogen) atoms. The highest BCUT2D eigenvalue weighted by molar-refractivity contribution is 6.30. The topological polar surface area (TPSA) is 46.9 Å². The molecule has 0 spiro atoms. The summed E-state index contributed by atoms with van der Waals surface area (Å²) in [5, 5.41) is 3.70. The first kappa shape index (κ1) is 21.4. The van der Waals surface area contributed by atoms with E-state index in [9.17, 15) is 4.79 Å². The predicted molar refractivity (Wildman–Crippen MR) is 120 cm³/mol. The van der Waals surface area contributed by atoms with Crippen molar-refractivity contribution < 1.29 is 4.79 Å². The molecule has 0 atom stereocenters. The van der Waals surface area contributed by atoms with Crippen LogP contribution < -0.4 is 5.32 Å². The van der Waals surface area contributed by atoms with Gasteiger partial charge in [-0.25, -0.2) is 4.98 Å². The van der Waals surface area contributed by atoms with Crippen molar-refractivity contribution in [2.24, 2.45) is 5.92 Å². The van der Waals surface area contributed by atoms with Gasteiger partial charge in [-0.1, -0.05) is 56.1 Å². The van der Waals surface area contributed by atoms with E-state index in [2.05, 4.69) is 41.9 Å². The number of amides is 1. The van der Waals surface area contributed by atoms with Crippen LogP contribution in [0.1, 0.15) is 44.5 Å². The summed E-state index contributed by atoms with van der Waals surface area (Å²) in [6, 6.07) is 15.8. The Morgan fingerprint density at radius 2 is 1.83 bits per heavy atom. The molecule has 0 unspecified atom stereocenters. The molecular formula is C24H30ClN3O. The minimum absolute atomic E-state index is 0.0612. The molecule has 1 heterocycles. The number of hydrogen-bond acceptors (Lipinski definition) is 2. The number of benzene rings is 2. The number of hydrogen-bond donors (Lipinski definition) is 1. The van der Waals surface area contributed by atoms with Crippen molar-refractivity contribution in [3.05, 3.63) is 64.9 Å². The Balaban J connectivity index is 1.41. The molecule has 154 valence electrons. The number of halogens is 1. The molecule has 3 aromatic rings. The lowest BCUT2D eigenvalue weighted by Crippen LogP contribution is -2.26. The van der Waals surface area contributed by atoms with Gasteiger partial charge in [0.1, 0.15) is 5.82 Å². The number of fused-ring (bicyclic) bond motifs is 1. The zero-order chi connectivity index (χ0) is 20.6. The average Bonchev–Trinajstić information content (AvgIpc) is 3.03. The maximum absolute atomic E-state index is 12.0. The molecule has 0 radical (unpaired) electrons. The quantitative estimate of drug-likeness (QED) is 0.453. The predicted octanol–water partition coefficient (Wildman–Crippen LogP) is 5.42. The Labute approximate surface area is 178 Å². The van der Waals surface area contributed by atoms with Crippen molar-refractivity contribution in [3.63, 3.8) is 0 Å². The van der Waals surface area contributed by atoms with Gasteiger partial charge in [0.2, 0.25) is 5.91 Å². The van der Waals surface area contributed by atoms with E-state index in [1.165, 1.54) is 11.3 Å². The standard InChI is InChI=1S/C24H30ClN3O/c1-18(2)17-28-22-9-6-5-8-21(22)27-23(28)10-4-3-7-15-26-24(29)16-19-11-13-20(25)14-12-19/h5-6,8-9,11-14,18H,3-4,7,10,15-17H2,1-2H3,(H,26,29). The highest BCUT2D eigenvalue weighted by atomic mass is 35.5. The second-order valence-electron chi connectivity index (χ2n) is 7.99. The molecule has 0 aliphatic rings. The van der Waals surface area contributed by atoms with Gasteiger partial charge in [-0.2, -0.15) is 0 Å². The third-order valence-corrected chi connectivity index (χ3v) is 5.21.